The van der Waals surface area contributed by atoms with Crippen LogP contribution < -0.4 is 4.74 Å². The number of aliphatic carboxylic acids is 1. The highest BCUT2D eigenvalue weighted by atomic mass is 16.5. The van der Waals surface area contributed by atoms with Gasteiger partial charge < -0.3 is 9.84 Å². The summed E-state index contributed by atoms with van der Waals surface area (Å²) in [6.07, 6.45) is 12.6. The quantitative estimate of drug-likeness (QED) is 0.615. The SMILES string of the molecule is O=C(O)CCc1ccc(OCC2=C(C3CCCC3)CCC2)cc1C1CC1. The Balaban J connectivity index is 1.44. The number of hydrogen-bond acceptors (Lipinski definition) is 2. The van der Waals surface area contributed by atoms with E-state index in [1.807, 2.05) is 6.07 Å². The summed E-state index contributed by atoms with van der Waals surface area (Å²) < 4.78 is 6.20. The van der Waals surface area contributed by atoms with E-state index in [9.17, 15) is 4.79 Å². The van der Waals surface area contributed by atoms with E-state index in [4.69, 9.17) is 9.84 Å². The molecular weight excluding hydrogens is 324 g/mol. The molecule has 0 radical (unpaired) electrons. The first kappa shape index (κ1) is 17.6. The lowest BCUT2D eigenvalue weighted by Crippen LogP contribution is -2.06. The maximum Gasteiger partial charge on any atom is 0.303 e. The van der Waals surface area contributed by atoms with Crippen molar-refractivity contribution >= 4 is 5.97 Å². The molecule has 2 saturated carbocycles. The summed E-state index contributed by atoms with van der Waals surface area (Å²) in [5.74, 6) is 1.68. The molecule has 0 spiro atoms. The predicted octanol–water partition coefficient (Wildman–Crippen LogP) is 5.63. The topological polar surface area (TPSA) is 46.5 Å². The van der Waals surface area contributed by atoms with Crippen molar-refractivity contribution in [1.82, 2.24) is 0 Å². The van der Waals surface area contributed by atoms with Gasteiger partial charge in [-0.05, 0) is 92.0 Å². The summed E-state index contributed by atoms with van der Waals surface area (Å²) in [5.41, 5.74) is 5.77. The number of carboxylic acid groups (broad SMARTS) is 1. The molecule has 0 unspecified atom stereocenters. The molecule has 1 aromatic rings. The van der Waals surface area contributed by atoms with Crippen LogP contribution in [0.3, 0.4) is 0 Å². The lowest BCUT2D eigenvalue weighted by atomic mass is 9.94. The van der Waals surface area contributed by atoms with Crippen molar-refractivity contribution in [2.45, 2.75) is 76.5 Å². The molecule has 0 amide bonds. The second kappa shape index (κ2) is 7.85. The maximum absolute atomic E-state index is 10.9. The number of benzene rings is 1. The number of carboxylic acids is 1. The van der Waals surface area contributed by atoms with Crippen LogP contribution in [0.1, 0.15) is 81.3 Å². The second-order valence-electron chi connectivity index (χ2n) is 8.28. The molecule has 0 aromatic heterocycles. The lowest BCUT2D eigenvalue weighted by molar-refractivity contribution is -0.136. The molecule has 2 fully saturated rings. The van der Waals surface area contributed by atoms with Crippen molar-refractivity contribution in [3.63, 3.8) is 0 Å². The normalized spacial score (nSPS) is 20.8. The molecule has 0 aliphatic heterocycles. The Kier molecular flexibility index (Phi) is 5.33. The summed E-state index contributed by atoms with van der Waals surface area (Å²) in [5, 5.41) is 8.96. The first-order chi connectivity index (χ1) is 12.7. The first-order valence-corrected chi connectivity index (χ1v) is 10.4. The van der Waals surface area contributed by atoms with Gasteiger partial charge in [-0.1, -0.05) is 24.5 Å². The standard InChI is InChI=1S/C23H30O3/c24-23(25)13-11-18-10-12-20(14-22(18)17-8-9-17)26-15-19-6-3-7-21(19)16-4-1-2-5-16/h10,12,14,16-17H,1-9,11,13,15H2,(H,24,25). The minimum atomic E-state index is -0.723. The van der Waals surface area contributed by atoms with Gasteiger partial charge in [0, 0.05) is 6.42 Å². The molecule has 0 heterocycles. The monoisotopic (exact) mass is 354 g/mol. The summed E-state index contributed by atoms with van der Waals surface area (Å²) in [6.45, 7) is 0.740. The average Bonchev–Trinajstić information content (AvgIpc) is 3.14. The highest BCUT2D eigenvalue weighted by Crippen LogP contribution is 2.44. The van der Waals surface area contributed by atoms with Crippen LogP contribution in [0.5, 0.6) is 5.75 Å². The number of carbonyl (C=O) groups is 1. The van der Waals surface area contributed by atoms with E-state index >= 15 is 0 Å². The van der Waals surface area contributed by atoms with Crippen molar-refractivity contribution in [3.8, 4) is 5.75 Å². The van der Waals surface area contributed by atoms with E-state index < -0.39 is 5.97 Å². The molecule has 0 saturated heterocycles. The van der Waals surface area contributed by atoms with E-state index in [0.717, 1.165) is 18.3 Å². The van der Waals surface area contributed by atoms with Gasteiger partial charge in [0.15, 0.2) is 0 Å². The van der Waals surface area contributed by atoms with Crippen LogP contribution in [0.15, 0.2) is 29.3 Å². The van der Waals surface area contributed by atoms with Crippen LogP contribution in [0.25, 0.3) is 0 Å². The zero-order chi connectivity index (χ0) is 17.9. The number of hydrogen-bond donors (Lipinski definition) is 1. The van der Waals surface area contributed by atoms with Crippen LogP contribution >= 0.6 is 0 Å². The molecule has 3 nitrogen and oxygen atoms in total. The lowest BCUT2D eigenvalue weighted by Gasteiger charge is -2.16. The van der Waals surface area contributed by atoms with Gasteiger partial charge in [0.2, 0.25) is 0 Å². The van der Waals surface area contributed by atoms with Gasteiger partial charge in [0.25, 0.3) is 0 Å². The van der Waals surface area contributed by atoms with Crippen LogP contribution in [-0.2, 0) is 11.2 Å². The highest BCUT2D eigenvalue weighted by molar-refractivity contribution is 5.67. The van der Waals surface area contributed by atoms with E-state index in [0.29, 0.717) is 12.3 Å². The Morgan fingerprint density at radius 3 is 2.58 bits per heavy atom. The fourth-order valence-corrected chi connectivity index (χ4v) is 4.84. The molecule has 1 N–H and O–H groups in total. The van der Waals surface area contributed by atoms with Gasteiger partial charge in [0.1, 0.15) is 12.4 Å². The van der Waals surface area contributed by atoms with Crippen LogP contribution in [0.2, 0.25) is 0 Å². The Morgan fingerprint density at radius 2 is 1.85 bits per heavy atom. The highest BCUT2D eigenvalue weighted by Gasteiger charge is 2.27. The van der Waals surface area contributed by atoms with Crippen molar-refractivity contribution in [1.29, 1.82) is 0 Å². The number of aryl methyl sites for hydroxylation is 1. The van der Waals surface area contributed by atoms with E-state index in [2.05, 4.69) is 12.1 Å². The third-order valence-electron chi connectivity index (χ3n) is 6.38. The van der Waals surface area contributed by atoms with Gasteiger partial charge >= 0.3 is 5.97 Å². The van der Waals surface area contributed by atoms with Crippen LogP contribution in [0.4, 0.5) is 0 Å². The number of ether oxygens (including phenoxy) is 1. The molecule has 1 aromatic carbocycles. The zero-order valence-electron chi connectivity index (χ0n) is 15.6. The number of allylic oxidation sites excluding steroid dienone is 1. The second-order valence-corrected chi connectivity index (χ2v) is 8.28. The fraction of sp³-hybridized carbons (Fsp3) is 0.609. The summed E-state index contributed by atoms with van der Waals surface area (Å²) in [4.78, 5) is 10.9. The van der Waals surface area contributed by atoms with E-state index in [1.165, 1.54) is 68.9 Å². The summed E-state index contributed by atoms with van der Waals surface area (Å²) >= 11 is 0. The molecule has 26 heavy (non-hydrogen) atoms. The first-order valence-electron chi connectivity index (χ1n) is 10.4. The Bertz CT molecular complexity index is 693. The van der Waals surface area contributed by atoms with Crippen LogP contribution in [0, 0.1) is 5.92 Å². The summed E-state index contributed by atoms with van der Waals surface area (Å²) in [7, 11) is 0. The Morgan fingerprint density at radius 1 is 1.04 bits per heavy atom. The van der Waals surface area contributed by atoms with Gasteiger partial charge in [-0.25, -0.2) is 0 Å². The predicted molar refractivity (Wildman–Crippen MR) is 103 cm³/mol. The molecule has 3 aliphatic carbocycles. The average molecular weight is 354 g/mol. The maximum atomic E-state index is 10.9. The smallest absolute Gasteiger partial charge is 0.303 e. The largest absolute Gasteiger partial charge is 0.489 e. The molecule has 3 aliphatic rings. The molecule has 3 heteroatoms. The third kappa shape index (κ3) is 4.13. The molecule has 0 bridgehead atoms. The number of rotatable bonds is 8. The van der Waals surface area contributed by atoms with Crippen molar-refractivity contribution < 1.29 is 14.6 Å². The van der Waals surface area contributed by atoms with Gasteiger partial charge in [0.05, 0.1) is 0 Å². The Hall–Kier alpha value is -1.77. The molecule has 0 atom stereocenters. The zero-order valence-corrected chi connectivity index (χ0v) is 15.6. The molecular formula is C23H30O3. The van der Waals surface area contributed by atoms with Crippen LogP contribution in [-0.4, -0.2) is 17.7 Å². The minimum absolute atomic E-state index is 0.206. The molecule has 4 rings (SSSR count). The summed E-state index contributed by atoms with van der Waals surface area (Å²) in [6, 6.07) is 6.31. The van der Waals surface area contributed by atoms with Crippen molar-refractivity contribution in [2.24, 2.45) is 5.92 Å². The van der Waals surface area contributed by atoms with Gasteiger partial charge in [-0.3, -0.25) is 4.79 Å². The van der Waals surface area contributed by atoms with E-state index in [-0.39, 0.29) is 6.42 Å². The Labute approximate surface area is 156 Å². The molecule has 140 valence electrons. The third-order valence-corrected chi connectivity index (χ3v) is 6.38. The van der Waals surface area contributed by atoms with E-state index in [1.54, 1.807) is 11.1 Å². The van der Waals surface area contributed by atoms with Crippen molar-refractivity contribution in [3.05, 3.63) is 40.5 Å². The van der Waals surface area contributed by atoms with Crippen molar-refractivity contribution in [2.75, 3.05) is 6.61 Å². The minimum Gasteiger partial charge on any atom is -0.489 e. The van der Waals surface area contributed by atoms with Gasteiger partial charge in [-0.15, -0.1) is 0 Å². The fourth-order valence-electron chi connectivity index (χ4n) is 4.84. The van der Waals surface area contributed by atoms with Gasteiger partial charge in [-0.2, -0.15) is 0 Å².